The van der Waals surface area contributed by atoms with E-state index in [-0.39, 0.29) is 12.5 Å². The SMILES string of the molecule is Cc1nn(CC(=O)N2CCCC[C@H]2CCn2ccnc2C)cc1Cl. The second kappa shape index (κ2) is 7.38. The quantitative estimate of drug-likeness (QED) is 0.834. The van der Waals surface area contributed by atoms with E-state index in [1.165, 1.54) is 6.42 Å². The zero-order chi connectivity index (χ0) is 17.1. The molecule has 0 N–H and O–H groups in total. The number of nitrogens with zero attached hydrogens (tertiary/aromatic N) is 5. The average Bonchev–Trinajstić information content (AvgIpc) is 3.11. The molecule has 1 aliphatic heterocycles. The van der Waals surface area contributed by atoms with Crippen molar-refractivity contribution in [3.8, 4) is 0 Å². The molecule has 3 rings (SSSR count). The summed E-state index contributed by atoms with van der Waals surface area (Å²) in [5.74, 6) is 1.14. The van der Waals surface area contributed by atoms with Crippen LogP contribution in [0, 0.1) is 13.8 Å². The Labute approximate surface area is 147 Å². The van der Waals surface area contributed by atoms with Gasteiger partial charge in [0.1, 0.15) is 12.4 Å². The molecular formula is C17H24ClN5O. The molecule has 2 aromatic heterocycles. The molecule has 0 aliphatic carbocycles. The Bertz CT molecular complexity index is 688. The number of carbonyl (C=O) groups excluding carboxylic acids is 1. The number of amides is 1. The third-order valence-electron chi connectivity index (χ3n) is 4.76. The number of likely N-dealkylation sites (tertiary alicyclic amines) is 1. The van der Waals surface area contributed by atoms with Gasteiger partial charge in [-0.25, -0.2) is 4.98 Å². The average molecular weight is 350 g/mol. The molecule has 0 radical (unpaired) electrons. The monoisotopic (exact) mass is 349 g/mol. The van der Waals surface area contributed by atoms with Crippen LogP contribution in [-0.2, 0) is 17.9 Å². The Hall–Kier alpha value is -1.82. The van der Waals surface area contributed by atoms with Crippen molar-refractivity contribution < 1.29 is 4.79 Å². The first-order chi connectivity index (χ1) is 11.5. The maximum atomic E-state index is 12.7. The summed E-state index contributed by atoms with van der Waals surface area (Å²) >= 11 is 6.03. The molecular weight excluding hydrogens is 326 g/mol. The topological polar surface area (TPSA) is 56.0 Å². The molecule has 3 heterocycles. The van der Waals surface area contributed by atoms with E-state index in [1.807, 2.05) is 31.1 Å². The maximum absolute atomic E-state index is 12.7. The van der Waals surface area contributed by atoms with Crippen molar-refractivity contribution in [3.05, 3.63) is 35.1 Å². The Morgan fingerprint density at radius 3 is 2.88 bits per heavy atom. The van der Waals surface area contributed by atoms with E-state index < -0.39 is 0 Å². The first kappa shape index (κ1) is 17.0. The van der Waals surface area contributed by atoms with Crippen molar-refractivity contribution in [2.24, 2.45) is 0 Å². The lowest BCUT2D eigenvalue weighted by molar-refractivity contribution is -0.136. The number of piperidine rings is 1. The number of rotatable bonds is 5. The van der Waals surface area contributed by atoms with Crippen LogP contribution in [-0.4, -0.2) is 42.7 Å². The van der Waals surface area contributed by atoms with Gasteiger partial charge in [-0.15, -0.1) is 0 Å². The summed E-state index contributed by atoms with van der Waals surface area (Å²) in [6.07, 6.45) is 9.83. The highest BCUT2D eigenvalue weighted by atomic mass is 35.5. The van der Waals surface area contributed by atoms with E-state index in [0.717, 1.165) is 43.9 Å². The summed E-state index contributed by atoms with van der Waals surface area (Å²) in [7, 11) is 0. The van der Waals surface area contributed by atoms with Crippen LogP contribution in [0.1, 0.15) is 37.2 Å². The largest absolute Gasteiger partial charge is 0.338 e. The molecule has 0 unspecified atom stereocenters. The second-order valence-corrected chi connectivity index (χ2v) is 6.86. The zero-order valence-corrected chi connectivity index (χ0v) is 15.0. The lowest BCUT2D eigenvalue weighted by Crippen LogP contribution is -2.45. The molecule has 6 nitrogen and oxygen atoms in total. The van der Waals surface area contributed by atoms with Gasteiger partial charge in [-0.1, -0.05) is 11.6 Å². The Balaban J connectivity index is 1.62. The summed E-state index contributed by atoms with van der Waals surface area (Å²) in [4.78, 5) is 19.0. The fourth-order valence-electron chi connectivity index (χ4n) is 3.36. The molecule has 1 atom stereocenters. The highest BCUT2D eigenvalue weighted by Crippen LogP contribution is 2.21. The molecule has 130 valence electrons. The summed E-state index contributed by atoms with van der Waals surface area (Å²) in [5, 5.41) is 4.90. The summed E-state index contributed by atoms with van der Waals surface area (Å²) in [6.45, 7) is 5.84. The molecule has 1 fully saturated rings. The molecule has 1 amide bonds. The van der Waals surface area contributed by atoms with E-state index in [0.29, 0.717) is 11.1 Å². The standard InChI is InChI=1S/C17H24ClN5O/c1-13-16(18)11-22(20-13)12-17(24)23-8-4-3-5-15(23)6-9-21-10-7-19-14(21)2/h7,10-11,15H,3-6,8-9,12H2,1-2H3/t15-/m0/s1. The highest BCUT2D eigenvalue weighted by molar-refractivity contribution is 6.31. The van der Waals surface area contributed by atoms with E-state index in [1.54, 1.807) is 10.9 Å². The Morgan fingerprint density at radius 2 is 2.21 bits per heavy atom. The Kier molecular flexibility index (Phi) is 5.23. The van der Waals surface area contributed by atoms with E-state index in [2.05, 4.69) is 14.6 Å². The van der Waals surface area contributed by atoms with Crippen LogP contribution in [0.5, 0.6) is 0 Å². The number of hydrogen-bond acceptors (Lipinski definition) is 3. The molecule has 2 aromatic rings. The first-order valence-corrected chi connectivity index (χ1v) is 8.89. The van der Waals surface area contributed by atoms with Gasteiger partial charge in [0.15, 0.2) is 0 Å². The predicted octanol–water partition coefficient (Wildman–Crippen LogP) is 2.82. The molecule has 0 saturated carbocycles. The van der Waals surface area contributed by atoms with Gasteiger partial charge in [-0.05, 0) is 39.5 Å². The summed E-state index contributed by atoms with van der Waals surface area (Å²) in [6, 6.07) is 0.292. The predicted molar refractivity (Wildman–Crippen MR) is 92.9 cm³/mol. The number of carbonyl (C=O) groups is 1. The number of aromatic nitrogens is 4. The lowest BCUT2D eigenvalue weighted by Gasteiger charge is -2.36. The number of aryl methyl sites for hydroxylation is 3. The number of imidazole rings is 1. The van der Waals surface area contributed by atoms with Gasteiger partial charge in [0.25, 0.3) is 0 Å². The van der Waals surface area contributed by atoms with Crippen LogP contribution < -0.4 is 0 Å². The minimum atomic E-state index is 0.126. The third kappa shape index (κ3) is 3.80. The second-order valence-electron chi connectivity index (χ2n) is 6.45. The van der Waals surface area contributed by atoms with Gasteiger partial charge in [-0.2, -0.15) is 5.10 Å². The van der Waals surface area contributed by atoms with Crippen molar-refractivity contribution in [1.29, 1.82) is 0 Å². The molecule has 0 aromatic carbocycles. The van der Waals surface area contributed by atoms with Crippen molar-refractivity contribution in [3.63, 3.8) is 0 Å². The summed E-state index contributed by atoms with van der Waals surface area (Å²) in [5.41, 5.74) is 0.759. The maximum Gasteiger partial charge on any atom is 0.244 e. The van der Waals surface area contributed by atoms with E-state index in [4.69, 9.17) is 11.6 Å². The van der Waals surface area contributed by atoms with Crippen LogP contribution in [0.2, 0.25) is 5.02 Å². The van der Waals surface area contributed by atoms with Crippen LogP contribution in [0.4, 0.5) is 0 Å². The minimum Gasteiger partial charge on any atom is -0.338 e. The molecule has 0 bridgehead atoms. The highest BCUT2D eigenvalue weighted by Gasteiger charge is 2.26. The fourth-order valence-corrected chi connectivity index (χ4v) is 3.51. The molecule has 24 heavy (non-hydrogen) atoms. The normalized spacial score (nSPS) is 18.1. The number of hydrogen-bond donors (Lipinski definition) is 0. The Morgan fingerprint density at radius 1 is 1.38 bits per heavy atom. The summed E-state index contributed by atoms with van der Waals surface area (Å²) < 4.78 is 3.79. The van der Waals surface area contributed by atoms with Crippen LogP contribution in [0.3, 0.4) is 0 Å². The van der Waals surface area contributed by atoms with E-state index >= 15 is 0 Å². The smallest absolute Gasteiger partial charge is 0.244 e. The van der Waals surface area contributed by atoms with Gasteiger partial charge in [0, 0.05) is 37.7 Å². The molecule has 1 aliphatic rings. The van der Waals surface area contributed by atoms with Gasteiger partial charge >= 0.3 is 0 Å². The molecule has 0 spiro atoms. The third-order valence-corrected chi connectivity index (χ3v) is 5.13. The van der Waals surface area contributed by atoms with Gasteiger partial charge in [-0.3, -0.25) is 9.48 Å². The van der Waals surface area contributed by atoms with Crippen molar-refractivity contribution in [2.45, 2.75) is 58.7 Å². The number of halogens is 1. The van der Waals surface area contributed by atoms with Crippen molar-refractivity contribution in [1.82, 2.24) is 24.2 Å². The van der Waals surface area contributed by atoms with Gasteiger partial charge in [0.2, 0.25) is 5.91 Å². The fraction of sp³-hybridized carbons (Fsp3) is 0.588. The van der Waals surface area contributed by atoms with Crippen molar-refractivity contribution >= 4 is 17.5 Å². The van der Waals surface area contributed by atoms with Crippen molar-refractivity contribution in [2.75, 3.05) is 6.54 Å². The van der Waals surface area contributed by atoms with E-state index in [9.17, 15) is 4.79 Å². The molecule has 7 heteroatoms. The molecule has 1 saturated heterocycles. The zero-order valence-electron chi connectivity index (χ0n) is 14.3. The van der Waals surface area contributed by atoms with Crippen LogP contribution >= 0.6 is 11.6 Å². The van der Waals surface area contributed by atoms with Crippen LogP contribution in [0.25, 0.3) is 0 Å². The van der Waals surface area contributed by atoms with Gasteiger partial charge < -0.3 is 9.47 Å². The first-order valence-electron chi connectivity index (χ1n) is 8.51. The lowest BCUT2D eigenvalue weighted by atomic mass is 9.99. The van der Waals surface area contributed by atoms with Gasteiger partial charge in [0.05, 0.1) is 10.7 Å². The van der Waals surface area contributed by atoms with Crippen LogP contribution in [0.15, 0.2) is 18.6 Å². The minimum absolute atomic E-state index is 0.126.